The first-order valence-electron chi connectivity index (χ1n) is 19.4. The molecule has 0 unspecified atom stereocenters. The topological polar surface area (TPSA) is 56.7 Å². The van der Waals surface area contributed by atoms with E-state index in [2.05, 4.69) is 104 Å². The van der Waals surface area contributed by atoms with E-state index in [-0.39, 0.29) is 25.7 Å². The minimum Gasteiger partial charge on any atom is -0.501 e. The minimum absolute atomic E-state index is 0. The summed E-state index contributed by atoms with van der Waals surface area (Å²) in [5.74, 6) is 1.43. The monoisotopic (exact) mass is 884 g/mol. The van der Waals surface area contributed by atoms with Crippen LogP contribution in [0, 0.1) is 19.0 Å². The van der Waals surface area contributed by atoms with Crippen molar-refractivity contribution < 1.29 is 28.6 Å². The van der Waals surface area contributed by atoms with Crippen LogP contribution in [0.15, 0.2) is 144 Å². The van der Waals surface area contributed by atoms with Crippen LogP contribution in [-0.2, 0) is 20.1 Å². The average molecular weight is 884 g/mol. The normalized spacial score (nSPS) is 12.3. The Morgan fingerprint density at radius 1 is 0.667 bits per heavy atom. The Bertz CT molecular complexity index is 2770. The molecule has 6 heteroatoms. The van der Waals surface area contributed by atoms with Gasteiger partial charge < -0.3 is 14.0 Å². The first-order chi connectivity index (χ1) is 27.1. The van der Waals surface area contributed by atoms with Crippen LogP contribution in [0.3, 0.4) is 0 Å². The van der Waals surface area contributed by atoms with Crippen molar-refractivity contribution in [3.8, 4) is 39.6 Å². The van der Waals surface area contributed by atoms with Crippen molar-refractivity contribution in [2.45, 2.75) is 46.4 Å². The molecule has 4 aromatic heterocycles. The van der Waals surface area contributed by atoms with Crippen molar-refractivity contribution in [2.24, 2.45) is 0 Å². The molecule has 0 spiro atoms. The first-order valence-corrected chi connectivity index (χ1v) is 17.9. The molecular weight excluding hydrogens is 841 g/mol. The summed E-state index contributed by atoms with van der Waals surface area (Å²) in [6.45, 7) is 6.91. The second-order valence-corrected chi connectivity index (χ2v) is 13.7. The summed E-state index contributed by atoms with van der Waals surface area (Å²) >= 11 is 0. The number of hydrogen-bond acceptors (Lipinski definition) is 4. The molecule has 4 heterocycles. The van der Waals surface area contributed by atoms with Gasteiger partial charge in [0.05, 0.1) is 22.6 Å². The van der Waals surface area contributed by atoms with Crippen molar-refractivity contribution in [3.05, 3.63) is 168 Å². The predicted molar refractivity (Wildman–Crippen MR) is 217 cm³/mol. The quantitative estimate of drug-likeness (QED) is 0.156. The summed E-state index contributed by atoms with van der Waals surface area (Å²) in [7, 11) is 0. The van der Waals surface area contributed by atoms with Gasteiger partial charge in [-0.3, -0.25) is 4.98 Å². The van der Waals surface area contributed by atoms with Crippen molar-refractivity contribution in [1.29, 1.82) is 0 Å². The Kier molecular flexibility index (Phi) is 9.60. The maximum absolute atomic E-state index is 7.23. The van der Waals surface area contributed by atoms with Crippen LogP contribution in [0.25, 0.3) is 72.7 Å². The van der Waals surface area contributed by atoms with Gasteiger partial charge in [-0.25, -0.2) is 4.98 Å². The van der Waals surface area contributed by atoms with Crippen molar-refractivity contribution in [1.82, 2.24) is 19.5 Å². The molecule has 269 valence electrons. The van der Waals surface area contributed by atoms with E-state index in [4.69, 9.17) is 18.5 Å². The molecule has 5 nitrogen and oxygen atoms in total. The van der Waals surface area contributed by atoms with E-state index >= 15 is 0 Å². The first kappa shape index (κ1) is 32.9. The molecule has 0 saturated carbocycles. The molecule has 0 N–H and O–H groups in total. The minimum atomic E-state index is -2.09. The van der Waals surface area contributed by atoms with Gasteiger partial charge in [-0.2, -0.15) is 0 Å². The number of para-hydroxylation sites is 2. The number of hydrogen-bond donors (Lipinski definition) is 0. The smallest absolute Gasteiger partial charge is 0.168 e. The fraction of sp³-hybridized carbons (Fsp3) is 0.146. The summed E-state index contributed by atoms with van der Waals surface area (Å²) in [6.07, 6.45) is 1.39. The molecule has 0 bridgehead atoms. The van der Waals surface area contributed by atoms with Gasteiger partial charge >= 0.3 is 0 Å². The molecule has 54 heavy (non-hydrogen) atoms. The number of pyridine rings is 2. The summed E-state index contributed by atoms with van der Waals surface area (Å²) in [5.41, 5.74) is 11.7. The van der Waals surface area contributed by atoms with Gasteiger partial charge in [0.15, 0.2) is 5.65 Å². The third kappa shape index (κ3) is 7.03. The number of aryl methyl sites for hydroxylation is 1. The molecule has 0 fully saturated rings. The molecule has 0 atom stereocenters. The van der Waals surface area contributed by atoms with Crippen LogP contribution in [0.1, 0.15) is 60.3 Å². The van der Waals surface area contributed by atoms with Gasteiger partial charge in [0, 0.05) is 47.1 Å². The van der Waals surface area contributed by atoms with Gasteiger partial charge in [0.25, 0.3) is 0 Å². The molecule has 0 aliphatic carbocycles. The Balaban J connectivity index is 0.000000246. The second-order valence-electron chi connectivity index (χ2n) is 13.7. The van der Waals surface area contributed by atoms with E-state index in [1.807, 2.05) is 60.7 Å². The zero-order valence-corrected chi connectivity index (χ0v) is 32.9. The van der Waals surface area contributed by atoms with Gasteiger partial charge in [-0.1, -0.05) is 118 Å². The number of nitrogens with zero attached hydrogens (tertiary/aromatic N) is 4. The Morgan fingerprint density at radius 2 is 1.41 bits per heavy atom. The van der Waals surface area contributed by atoms with E-state index < -0.39 is 6.85 Å². The van der Waals surface area contributed by atoms with E-state index in [0.29, 0.717) is 17.5 Å². The SMILES string of the molecule is CC(C)c1cccc(C(C)C)c1-n1c(-c2[c-]ccc3c2oc2ccccc23)nc2nc(-c3ccccc3)ccc21.[2H]C([2H])([2H])c1ccc(-c2[c-]cccc2)nc1.[Ir]. The molecule has 9 rings (SSSR count). The molecule has 1 radical (unpaired) electrons. The van der Waals surface area contributed by atoms with Crippen LogP contribution in [-0.4, -0.2) is 19.5 Å². The van der Waals surface area contributed by atoms with Crippen molar-refractivity contribution >= 4 is 33.1 Å². The third-order valence-corrected chi connectivity index (χ3v) is 9.47. The van der Waals surface area contributed by atoms with E-state index in [9.17, 15) is 0 Å². The van der Waals surface area contributed by atoms with Crippen LogP contribution in [0.5, 0.6) is 0 Å². The Hall–Kier alpha value is -5.68. The molecule has 0 aliphatic rings. The average Bonchev–Trinajstić information content (AvgIpc) is 3.79. The Labute approximate surface area is 334 Å². The number of furan rings is 1. The molecule has 0 saturated heterocycles. The fourth-order valence-electron chi connectivity index (χ4n) is 6.86. The largest absolute Gasteiger partial charge is 0.501 e. The maximum atomic E-state index is 7.23. The van der Waals surface area contributed by atoms with E-state index in [0.717, 1.165) is 61.4 Å². The molecule has 0 amide bonds. The maximum Gasteiger partial charge on any atom is 0.168 e. The molecule has 5 aromatic carbocycles. The van der Waals surface area contributed by atoms with Crippen LogP contribution >= 0.6 is 0 Å². The summed E-state index contributed by atoms with van der Waals surface area (Å²) in [6, 6.07) is 50.7. The molecule has 9 aromatic rings. The number of benzene rings is 5. The van der Waals surface area contributed by atoms with Crippen molar-refractivity contribution in [3.63, 3.8) is 0 Å². The van der Waals surface area contributed by atoms with E-state index in [1.165, 1.54) is 23.0 Å². The molecule has 0 aliphatic heterocycles. The van der Waals surface area contributed by atoms with Gasteiger partial charge in [-0.05, 0) is 59.3 Å². The molecular formula is C48H40IrN4O-2. The second kappa shape index (κ2) is 15.7. The van der Waals surface area contributed by atoms with Crippen LogP contribution in [0.4, 0.5) is 0 Å². The summed E-state index contributed by atoms with van der Waals surface area (Å²) in [5, 5.41) is 2.15. The number of rotatable bonds is 6. The van der Waals surface area contributed by atoms with E-state index in [1.54, 1.807) is 18.2 Å². The zero-order valence-electron chi connectivity index (χ0n) is 33.5. The van der Waals surface area contributed by atoms with Gasteiger partial charge in [-0.15, -0.1) is 54.1 Å². The number of aromatic nitrogens is 4. The van der Waals surface area contributed by atoms with Gasteiger partial charge in [0.1, 0.15) is 5.58 Å². The number of imidazole rings is 1. The summed E-state index contributed by atoms with van der Waals surface area (Å²) in [4.78, 5) is 14.4. The van der Waals surface area contributed by atoms with Crippen molar-refractivity contribution in [2.75, 3.05) is 0 Å². The predicted octanol–water partition coefficient (Wildman–Crippen LogP) is 12.6. The fourth-order valence-corrected chi connectivity index (χ4v) is 6.86. The zero-order chi connectivity index (χ0) is 39.0. The Morgan fingerprint density at radius 3 is 2.11 bits per heavy atom. The standard InChI is InChI=1S/C36H30N3O.C12H10N.Ir/c1-22(2)25-15-10-16-26(23(3)4)33(25)39-31-21-20-30(24-12-6-5-7-13-24)37-35(31)38-36(39)29-18-11-17-28-27-14-8-9-19-32(27)40-34(28)29;1-10-7-8-12(13-9-10)11-5-3-2-4-6-11;/h5-17,19-23H,1-4H3;2-5,7-9H,1H3;/q2*-1;/i;1D3;. The van der Waals surface area contributed by atoms with Crippen LogP contribution < -0.4 is 0 Å². The van der Waals surface area contributed by atoms with Crippen LogP contribution in [0.2, 0.25) is 0 Å². The third-order valence-electron chi connectivity index (χ3n) is 9.47. The van der Waals surface area contributed by atoms with Gasteiger partial charge in [0.2, 0.25) is 0 Å². The summed E-state index contributed by atoms with van der Waals surface area (Å²) < 4.78 is 30.5. The number of fused-ring (bicyclic) bond motifs is 4.